The first-order chi connectivity index (χ1) is 14.3. The van der Waals surface area contributed by atoms with Crippen molar-refractivity contribution < 1.29 is 4.74 Å². The van der Waals surface area contributed by atoms with Crippen molar-refractivity contribution in [2.45, 2.75) is 0 Å². The molecule has 0 unspecified atom stereocenters. The minimum absolute atomic E-state index is 0.850. The second kappa shape index (κ2) is 8.94. The second-order valence-electron chi connectivity index (χ2n) is 6.70. The van der Waals surface area contributed by atoms with E-state index < -0.39 is 0 Å². The Morgan fingerprint density at radius 2 is 0.966 bits per heavy atom. The van der Waals surface area contributed by atoms with Crippen molar-refractivity contribution in [3.05, 3.63) is 120 Å². The van der Waals surface area contributed by atoms with Gasteiger partial charge < -0.3 is 9.64 Å². The lowest BCUT2D eigenvalue weighted by Crippen LogP contribution is -2.09. The number of ether oxygens (including phenoxy) is 1. The van der Waals surface area contributed by atoms with E-state index in [2.05, 4.69) is 102 Å². The Bertz CT molecular complexity index is 1050. The van der Waals surface area contributed by atoms with Crippen LogP contribution in [0.25, 0.3) is 12.2 Å². The fourth-order valence-corrected chi connectivity index (χ4v) is 3.25. The average molecular weight is 377 g/mol. The second-order valence-corrected chi connectivity index (χ2v) is 6.70. The first-order valence-corrected chi connectivity index (χ1v) is 9.66. The van der Waals surface area contributed by atoms with Crippen LogP contribution in [0.3, 0.4) is 0 Å². The summed E-state index contributed by atoms with van der Waals surface area (Å²) in [7, 11) is 1.69. The van der Waals surface area contributed by atoms with Crippen LogP contribution in [0, 0.1) is 0 Å². The van der Waals surface area contributed by atoms with Gasteiger partial charge >= 0.3 is 0 Å². The summed E-state index contributed by atoms with van der Waals surface area (Å²) in [5.41, 5.74) is 5.68. The number of para-hydroxylation sites is 1. The third kappa shape index (κ3) is 4.56. The van der Waals surface area contributed by atoms with Crippen LogP contribution in [-0.2, 0) is 0 Å². The molecule has 4 aromatic carbocycles. The minimum Gasteiger partial charge on any atom is -0.497 e. The van der Waals surface area contributed by atoms with Crippen LogP contribution in [0.2, 0.25) is 0 Å². The highest BCUT2D eigenvalue weighted by Gasteiger charge is 2.12. The van der Waals surface area contributed by atoms with E-state index in [1.807, 2.05) is 24.3 Å². The van der Waals surface area contributed by atoms with Gasteiger partial charge in [-0.25, -0.2) is 0 Å². The molecule has 0 spiro atoms. The lowest BCUT2D eigenvalue weighted by atomic mass is 10.1. The van der Waals surface area contributed by atoms with Crippen molar-refractivity contribution in [2.24, 2.45) is 0 Å². The zero-order valence-corrected chi connectivity index (χ0v) is 16.4. The predicted molar refractivity (Wildman–Crippen MR) is 123 cm³/mol. The summed E-state index contributed by atoms with van der Waals surface area (Å²) in [5, 5.41) is 0. The number of rotatable bonds is 6. The topological polar surface area (TPSA) is 12.5 Å². The third-order valence-corrected chi connectivity index (χ3v) is 4.76. The Labute approximate surface area is 172 Å². The molecule has 2 nitrogen and oxygen atoms in total. The third-order valence-electron chi connectivity index (χ3n) is 4.76. The summed E-state index contributed by atoms with van der Waals surface area (Å²) in [6.45, 7) is 0. The summed E-state index contributed by atoms with van der Waals surface area (Å²) in [6, 6.07) is 37.5. The zero-order chi connectivity index (χ0) is 19.9. The monoisotopic (exact) mass is 377 g/mol. The molecule has 4 aromatic rings. The summed E-state index contributed by atoms with van der Waals surface area (Å²) >= 11 is 0. The quantitative estimate of drug-likeness (QED) is 0.326. The number of hydrogen-bond acceptors (Lipinski definition) is 2. The highest BCUT2D eigenvalue weighted by Crippen LogP contribution is 2.35. The number of methoxy groups -OCH3 is 1. The maximum absolute atomic E-state index is 5.31. The first kappa shape index (κ1) is 18.6. The molecule has 0 heterocycles. The Hall–Kier alpha value is -3.78. The van der Waals surface area contributed by atoms with E-state index in [4.69, 9.17) is 4.74 Å². The summed E-state index contributed by atoms with van der Waals surface area (Å²) in [5.74, 6) is 0.850. The van der Waals surface area contributed by atoms with Gasteiger partial charge in [0.25, 0.3) is 0 Å². The molecule has 0 N–H and O–H groups in total. The smallest absolute Gasteiger partial charge is 0.119 e. The Balaban J connectivity index is 1.65. The lowest BCUT2D eigenvalue weighted by Gasteiger charge is -2.25. The Morgan fingerprint density at radius 1 is 0.517 bits per heavy atom. The molecule has 29 heavy (non-hydrogen) atoms. The average Bonchev–Trinajstić information content (AvgIpc) is 2.81. The molecular formula is C27H23NO. The number of benzene rings is 4. The normalized spacial score (nSPS) is 10.8. The van der Waals surface area contributed by atoms with Crippen LogP contribution in [0.15, 0.2) is 109 Å². The van der Waals surface area contributed by atoms with E-state index in [9.17, 15) is 0 Å². The SMILES string of the molecule is COc1ccc(N(c2ccccc2)c2ccc(/C=C/c3ccccc3)cc2)cc1. The van der Waals surface area contributed by atoms with Crippen LogP contribution in [0.1, 0.15) is 11.1 Å². The minimum atomic E-state index is 0.850. The highest BCUT2D eigenvalue weighted by molar-refractivity contribution is 5.78. The fraction of sp³-hybridized carbons (Fsp3) is 0.0370. The molecule has 0 bridgehead atoms. The van der Waals surface area contributed by atoms with Gasteiger partial charge in [0.05, 0.1) is 7.11 Å². The molecule has 0 aromatic heterocycles. The lowest BCUT2D eigenvalue weighted by molar-refractivity contribution is 0.415. The molecule has 0 aliphatic rings. The van der Waals surface area contributed by atoms with Crippen LogP contribution in [0.4, 0.5) is 17.1 Å². The van der Waals surface area contributed by atoms with Crippen molar-refractivity contribution in [1.29, 1.82) is 0 Å². The van der Waals surface area contributed by atoms with Crippen molar-refractivity contribution in [3.63, 3.8) is 0 Å². The van der Waals surface area contributed by atoms with Crippen molar-refractivity contribution in [1.82, 2.24) is 0 Å². The molecular weight excluding hydrogens is 354 g/mol. The maximum atomic E-state index is 5.31. The molecule has 0 saturated heterocycles. The van der Waals surface area contributed by atoms with Gasteiger partial charge in [-0.3, -0.25) is 0 Å². The standard InChI is InChI=1S/C27H23NO/c1-29-27-20-18-26(19-21-27)28(24-10-6-3-7-11-24)25-16-14-23(15-17-25)13-12-22-8-4-2-5-9-22/h2-21H,1H3/b13-12+. The van der Waals surface area contributed by atoms with Crippen LogP contribution < -0.4 is 9.64 Å². The van der Waals surface area contributed by atoms with E-state index in [1.165, 1.54) is 11.1 Å². The number of hydrogen-bond donors (Lipinski definition) is 0. The maximum Gasteiger partial charge on any atom is 0.119 e. The molecule has 0 aliphatic heterocycles. The Kier molecular flexibility index (Phi) is 5.73. The predicted octanol–water partition coefficient (Wildman–Crippen LogP) is 7.34. The van der Waals surface area contributed by atoms with Gasteiger partial charge in [-0.2, -0.15) is 0 Å². The van der Waals surface area contributed by atoms with E-state index in [1.54, 1.807) is 7.11 Å². The van der Waals surface area contributed by atoms with Gasteiger partial charge in [0.2, 0.25) is 0 Å². The number of anilines is 3. The van der Waals surface area contributed by atoms with Gasteiger partial charge in [-0.1, -0.05) is 72.8 Å². The van der Waals surface area contributed by atoms with Crippen LogP contribution in [-0.4, -0.2) is 7.11 Å². The molecule has 0 aliphatic carbocycles. The molecule has 142 valence electrons. The Morgan fingerprint density at radius 3 is 1.52 bits per heavy atom. The van der Waals surface area contributed by atoms with Gasteiger partial charge in [0.15, 0.2) is 0 Å². The highest BCUT2D eigenvalue weighted by atomic mass is 16.5. The van der Waals surface area contributed by atoms with Gasteiger partial charge in [-0.15, -0.1) is 0 Å². The molecule has 2 heteroatoms. The fourth-order valence-electron chi connectivity index (χ4n) is 3.25. The summed E-state index contributed by atoms with van der Waals surface area (Å²) < 4.78 is 5.31. The van der Waals surface area contributed by atoms with Crippen LogP contribution in [0.5, 0.6) is 5.75 Å². The zero-order valence-electron chi connectivity index (χ0n) is 16.4. The summed E-state index contributed by atoms with van der Waals surface area (Å²) in [6.07, 6.45) is 4.27. The largest absolute Gasteiger partial charge is 0.497 e. The van der Waals surface area contributed by atoms with E-state index in [0.717, 1.165) is 22.8 Å². The first-order valence-electron chi connectivity index (χ1n) is 9.66. The van der Waals surface area contributed by atoms with Crippen molar-refractivity contribution >= 4 is 29.2 Å². The molecule has 0 saturated carbocycles. The van der Waals surface area contributed by atoms with Gasteiger partial charge in [-0.05, 0) is 59.7 Å². The van der Waals surface area contributed by atoms with E-state index >= 15 is 0 Å². The molecule has 0 fully saturated rings. The van der Waals surface area contributed by atoms with Gasteiger partial charge in [0, 0.05) is 17.1 Å². The molecule has 0 amide bonds. The van der Waals surface area contributed by atoms with Crippen molar-refractivity contribution in [3.8, 4) is 5.75 Å². The molecule has 0 radical (unpaired) electrons. The van der Waals surface area contributed by atoms with E-state index in [0.29, 0.717) is 0 Å². The van der Waals surface area contributed by atoms with E-state index in [-0.39, 0.29) is 0 Å². The van der Waals surface area contributed by atoms with Crippen molar-refractivity contribution in [2.75, 3.05) is 12.0 Å². The molecule has 0 atom stereocenters. The molecule has 4 rings (SSSR count). The van der Waals surface area contributed by atoms with Crippen LogP contribution >= 0.6 is 0 Å². The summed E-state index contributed by atoms with van der Waals surface area (Å²) in [4.78, 5) is 2.24. The number of nitrogens with zero attached hydrogens (tertiary/aromatic N) is 1. The van der Waals surface area contributed by atoms with Gasteiger partial charge in [0.1, 0.15) is 5.75 Å².